The van der Waals surface area contributed by atoms with E-state index in [0.29, 0.717) is 59.7 Å². The summed E-state index contributed by atoms with van der Waals surface area (Å²) in [6, 6.07) is 8.10. The molecule has 2 aromatic carbocycles. The molecule has 1 N–H and O–H groups in total. The zero-order chi connectivity index (χ0) is 29.9. The van der Waals surface area contributed by atoms with Crippen LogP contribution in [-0.4, -0.2) is 91.5 Å². The summed E-state index contributed by atoms with van der Waals surface area (Å²) in [6.45, 7) is 3.61. The second-order valence-electron chi connectivity index (χ2n) is 10.2. The summed E-state index contributed by atoms with van der Waals surface area (Å²) in [5.74, 6) is -1.89. The number of nitrogens with zero attached hydrogens (tertiary/aromatic N) is 6. The quantitative estimate of drug-likeness (QED) is 0.325. The number of hydrogen-bond donors (Lipinski definition) is 1. The van der Waals surface area contributed by atoms with Gasteiger partial charge in [-0.05, 0) is 54.6 Å². The van der Waals surface area contributed by atoms with Crippen LogP contribution in [0.2, 0.25) is 10.0 Å². The number of hydrogen-bond acceptors (Lipinski definition) is 8. The summed E-state index contributed by atoms with van der Waals surface area (Å²) in [7, 11) is 0. The molecule has 2 saturated heterocycles. The average Bonchev–Trinajstić information content (AvgIpc) is 3.54. The number of halogens is 4. The molecule has 3 aromatic rings. The number of amides is 2. The third kappa shape index (κ3) is 7.19. The number of aliphatic hydroxyl groups is 1. The van der Waals surface area contributed by atoms with Crippen LogP contribution in [0, 0.1) is 11.6 Å². The van der Waals surface area contributed by atoms with Gasteiger partial charge in [-0.25, -0.2) is 18.4 Å². The van der Waals surface area contributed by atoms with Gasteiger partial charge < -0.3 is 10.0 Å². The lowest BCUT2D eigenvalue weighted by Gasteiger charge is -2.39. The second-order valence-corrected chi connectivity index (χ2v) is 12.1. The van der Waals surface area contributed by atoms with Crippen molar-refractivity contribution >= 4 is 52.2 Å². The van der Waals surface area contributed by atoms with Crippen molar-refractivity contribution in [3.05, 3.63) is 86.8 Å². The van der Waals surface area contributed by atoms with E-state index >= 15 is 0 Å². The Bertz CT molecular complexity index is 1490. The van der Waals surface area contributed by atoms with Crippen molar-refractivity contribution in [3.63, 3.8) is 0 Å². The van der Waals surface area contributed by atoms with Crippen molar-refractivity contribution in [2.24, 2.45) is 0 Å². The van der Waals surface area contributed by atoms with Crippen molar-refractivity contribution < 1.29 is 23.5 Å². The number of carbonyl (C=O) groups is 2. The lowest BCUT2D eigenvalue weighted by molar-refractivity contribution is -0.122. The molecule has 1 atom stereocenters. The van der Waals surface area contributed by atoms with E-state index in [-0.39, 0.29) is 36.3 Å². The molecule has 5 rings (SSSR count). The predicted molar refractivity (Wildman–Crippen MR) is 157 cm³/mol. The van der Waals surface area contributed by atoms with Crippen LogP contribution in [0.1, 0.15) is 17.5 Å². The number of β-amino-alcohol motifs (C(OH)–C–C–N with tert-alkyl or cyclic N) is 1. The molecule has 0 spiro atoms. The first-order valence-corrected chi connectivity index (χ1v) is 14.8. The minimum Gasteiger partial charge on any atom is -0.382 e. The molecule has 14 heteroatoms. The van der Waals surface area contributed by atoms with E-state index in [9.17, 15) is 23.5 Å². The van der Waals surface area contributed by atoms with E-state index in [1.165, 1.54) is 28.3 Å². The highest BCUT2D eigenvalue weighted by molar-refractivity contribution is 8.18. The van der Waals surface area contributed by atoms with E-state index in [4.69, 9.17) is 23.2 Å². The molecule has 0 bridgehead atoms. The number of imide groups is 1. The molecular formula is C28H28Cl2F2N6O3S. The molecule has 42 heavy (non-hydrogen) atoms. The second kappa shape index (κ2) is 13.2. The minimum absolute atomic E-state index is 0.00796. The Morgan fingerprint density at radius 2 is 1.76 bits per heavy atom. The molecule has 1 aromatic heterocycles. The van der Waals surface area contributed by atoms with Gasteiger partial charge in [0.25, 0.3) is 11.1 Å². The summed E-state index contributed by atoms with van der Waals surface area (Å²) in [4.78, 5) is 35.1. The minimum atomic E-state index is -1.66. The zero-order valence-corrected chi connectivity index (χ0v) is 24.8. The van der Waals surface area contributed by atoms with Gasteiger partial charge >= 0.3 is 0 Å². The molecule has 222 valence electrons. The van der Waals surface area contributed by atoms with Gasteiger partial charge in [0.15, 0.2) is 0 Å². The van der Waals surface area contributed by atoms with E-state index in [0.717, 1.165) is 23.9 Å². The maximum atomic E-state index is 14.7. The normalized spacial score (nSPS) is 19.2. The highest BCUT2D eigenvalue weighted by atomic mass is 35.5. The first-order chi connectivity index (χ1) is 20.1. The highest BCUT2D eigenvalue weighted by Gasteiger charge is 2.37. The molecular weight excluding hydrogens is 609 g/mol. The Labute approximate surface area is 255 Å². The summed E-state index contributed by atoms with van der Waals surface area (Å²) in [6.07, 6.45) is 4.97. The molecule has 0 aliphatic carbocycles. The Hall–Kier alpha value is -2.87. The third-order valence-electron chi connectivity index (χ3n) is 7.25. The number of piperazine rings is 1. The van der Waals surface area contributed by atoms with Crippen molar-refractivity contribution in [1.82, 2.24) is 29.5 Å². The summed E-state index contributed by atoms with van der Waals surface area (Å²) in [5, 5.41) is 16.2. The Morgan fingerprint density at radius 1 is 1.00 bits per heavy atom. The van der Waals surface area contributed by atoms with Crippen molar-refractivity contribution in [2.45, 2.75) is 18.6 Å². The fourth-order valence-electron chi connectivity index (χ4n) is 5.12. The Kier molecular flexibility index (Phi) is 9.60. The smallest absolute Gasteiger partial charge is 0.293 e. The van der Waals surface area contributed by atoms with Crippen LogP contribution in [0.25, 0.3) is 6.08 Å². The van der Waals surface area contributed by atoms with E-state index in [1.807, 2.05) is 4.90 Å². The Balaban J connectivity index is 1.14. The van der Waals surface area contributed by atoms with Gasteiger partial charge in [0.2, 0.25) is 0 Å². The Morgan fingerprint density at radius 3 is 2.45 bits per heavy atom. The van der Waals surface area contributed by atoms with Crippen LogP contribution in [0.4, 0.5) is 13.6 Å². The van der Waals surface area contributed by atoms with Gasteiger partial charge in [-0.15, -0.1) is 0 Å². The van der Waals surface area contributed by atoms with Crippen molar-refractivity contribution in [3.8, 4) is 0 Å². The van der Waals surface area contributed by atoms with E-state index < -0.39 is 17.2 Å². The van der Waals surface area contributed by atoms with Gasteiger partial charge in [-0.2, -0.15) is 5.10 Å². The molecule has 0 radical (unpaired) electrons. The molecule has 2 fully saturated rings. The number of thioether (sulfide) groups is 1. The van der Waals surface area contributed by atoms with Gasteiger partial charge in [0, 0.05) is 60.9 Å². The number of aromatic nitrogens is 3. The fourth-order valence-corrected chi connectivity index (χ4v) is 6.43. The van der Waals surface area contributed by atoms with Gasteiger partial charge in [-0.1, -0.05) is 35.3 Å². The number of benzene rings is 2. The van der Waals surface area contributed by atoms with Gasteiger partial charge in [0.1, 0.15) is 29.9 Å². The molecule has 9 nitrogen and oxygen atoms in total. The average molecular weight is 638 g/mol. The van der Waals surface area contributed by atoms with Crippen LogP contribution in [0.3, 0.4) is 0 Å². The van der Waals surface area contributed by atoms with Gasteiger partial charge in [-0.3, -0.25) is 19.4 Å². The van der Waals surface area contributed by atoms with Gasteiger partial charge in [0.05, 0.1) is 11.4 Å². The monoisotopic (exact) mass is 636 g/mol. The first-order valence-electron chi connectivity index (χ1n) is 13.3. The third-order valence-corrected chi connectivity index (χ3v) is 8.72. The van der Waals surface area contributed by atoms with Crippen LogP contribution >= 0.6 is 35.0 Å². The number of carbonyl (C=O) groups excluding carboxylic acids is 2. The van der Waals surface area contributed by atoms with Crippen molar-refractivity contribution in [2.75, 3.05) is 45.8 Å². The van der Waals surface area contributed by atoms with Crippen LogP contribution < -0.4 is 0 Å². The standard InChI is InChI=1S/C28H28Cl2F2N6O3S/c29-20-3-2-19(23(30)13-20)12-25-26(39)38(27(40)42-25)7-1-6-35-8-10-36(11-9-35)15-28(41,16-37-18-33-17-34-37)22-5-4-21(31)14-24(22)32/h2-5,12-14,17-18,41H,1,6-11,15-16H2. The van der Waals surface area contributed by atoms with E-state index in [1.54, 1.807) is 24.3 Å². The maximum absolute atomic E-state index is 14.7. The van der Waals surface area contributed by atoms with Crippen molar-refractivity contribution in [1.29, 1.82) is 0 Å². The summed E-state index contributed by atoms with van der Waals surface area (Å²) in [5.41, 5.74) is -1.06. The summed E-state index contributed by atoms with van der Waals surface area (Å²) < 4.78 is 29.7. The number of rotatable bonds is 10. The lowest BCUT2D eigenvalue weighted by Crippen LogP contribution is -2.52. The first kappa shape index (κ1) is 30.6. The molecule has 3 heterocycles. The highest BCUT2D eigenvalue weighted by Crippen LogP contribution is 2.34. The van der Waals surface area contributed by atoms with Crippen LogP contribution in [0.5, 0.6) is 0 Å². The van der Waals surface area contributed by atoms with Crippen LogP contribution in [0.15, 0.2) is 54.0 Å². The SMILES string of the molecule is O=C1SC(=Cc2ccc(Cl)cc2Cl)C(=O)N1CCCN1CCN(CC(O)(Cn2cncn2)c2ccc(F)cc2F)CC1. The lowest BCUT2D eigenvalue weighted by atomic mass is 9.92. The predicted octanol–water partition coefficient (Wildman–Crippen LogP) is 4.50. The largest absolute Gasteiger partial charge is 0.382 e. The topological polar surface area (TPSA) is 94.8 Å². The maximum Gasteiger partial charge on any atom is 0.293 e. The molecule has 2 aliphatic heterocycles. The molecule has 1 unspecified atom stereocenters. The van der Waals surface area contributed by atoms with E-state index in [2.05, 4.69) is 15.0 Å². The molecule has 0 saturated carbocycles. The molecule has 2 aliphatic rings. The zero-order valence-electron chi connectivity index (χ0n) is 22.4. The summed E-state index contributed by atoms with van der Waals surface area (Å²) >= 11 is 13.0. The van der Waals surface area contributed by atoms with Crippen LogP contribution in [-0.2, 0) is 16.9 Å². The fraction of sp³-hybridized carbons (Fsp3) is 0.357. The molecule has 2 amide bonds.